The molecule has 1 rings (SSSR count). The van der Waals surface area contributed by atoms with Gasteiger partial charge < -0.3 is 0 Å². The zero-order chi connectivity index (χ0) is 12.8. The monoisotopic (exact) mass is 256 g/mol. The standard InChI is InChI=1S/C13H18ClFN2/c1-9(2)3-6-12(17-16)7-10-4-5-11(15)8-13(10)14/h4-5,8,12,17H,1,3,6-7,16H2,2H3. The van der Waals surface area contributed by atoms with Gasteiger partial charge in [0.15, 0.2) is 0 Å². The fourth-order valence-corrected chi connectivity index (χ4v) is 1.86. The quantitative estimate of drug-likeness (QED) is 0.466. The van der Waals surface area contributed by atoms with Crippen molar-refractivity contribution in [3.05, 3.63) is 46.8 Å². The summed E-state index contributed by atoms with van der Waals surface area (Å²) < 4.78 is 12.9. The topological polar surface area (TPSA) is 38.0 Å². The van der Waals surface area contributed by atoms with Gasteiger partial charge in [0.1, 0.15) is 5.82 Å². The fraction of sp³-hybridized carbons (Fsp3) is 0.385. The second-order valence-electron chi connectivity index (χ2n) is 4.30. The van der Waals surface area contributed by atoms with Crippen LogP contribution in [0.3, 0.4) is 0 Å². The van der Waals surface area contributed by atoms with Crippen molar-refractivity contribution in [1.82, 2.24) is 5.43 Å². The lowest BCUT2D eigenvalue weighted by molar-refractivity contribution is 0.490. The van der Waals surface area contributed by atoms with Gasteiger partial charge in [0.2, 0.25) is 0 Å². The van der Waals surface area contributed by atoms with Gasteiger partial charge in [-0.15, -0.1) is 6.58 Å². The van der Waals surface area contributed by atoms with E-state index in [1.165, 1.54) is 12.1 Å². The minimum absolute atomic E-state index is 0.120. The van der Waals surface area contributed by atoms with Gasteiger partial charge in [-0.1, -0.05) is 23.2 Å². The van der Waals surface area contributed by atoms with Crippen molar-refractivity contribution < 1.29 is 4.39 Å². The normalized spacial score (nSPS) is 12.5. The van der Waals surface area contributed by atoms with Gasteiger partial charge in [-0.05, 0) is 43.9 Å². The summed E-state index contributed by atoms with van der Waals surface area (Å²) in [6.07, 6.45) is 2.48. The lowest BCUT2D eigenvalue weighted by Crippen LogP contribution is -2.36. The summed E-state index contributed by atoms with van der Waals surface area (Å²) in [5, 5.41) is 0.445. The van der Waals surface area contributed by atoms with Gasteiger partial charge in [0, 0.05) is 11.1 Å². The molecule has 2 nitrogen and oxygen atoms in total. The lowest BCUT2D eigenvalue weighted by Gasteiger charge is -2.16. The van der Waals surface area contributed by atoms with Crippen molar-refractivity contribution in [1.29, 1.82) is 0 Å². The SMILES string of the molecule is C=C(C)CCC(Cc1ccc(F)cc1Cl)NN. The molecule has 0 heterocycles. The van der Waals surface area contributed by atoms with Crippen LogP contribution >= 0.6 is 11.6 Å². The molecule has 3 N–H and O–H groups in total. The van der Waals surface area contributed by atoms with Gasteiger partial charge in [-0.25, -0.2) is 4.39 Å². The number of allylic oxidation sites excluding steroid dienone is 1. The van der Waals surface area contributed by atoms with Gasteiger partial charge in [-0.2, -0.15) is 0 Å². The molecule has 0 aromatic heterocycles. The van der Waals surface area contributed by atoms with E-state index in [1.54, 1.807) is 6.07 Å². The summed E-state index contributed by atoms with van der Waals surface area (Å²) in [6, 6.07) is 4.55. The molecule has 0 amide bonds. The number of hydrogen-bond acceptors (Lipinski definition) is 2. The summed E-state index contributed by atoms with van der Waals surface area (Å²) in [6.45, 7) is 5.84. The molecular weight excluding hydrogens is 239 g/mol. The smallest absolute Gasteiger partial charge is 0.124 e. The first kappa shape index (κ1) is 14.2. The van der Waals surface area contributed by atoms with Gasteiger partial charge in [0.05, 0.1) is 0 Å². The molecule has 1 unspecified atom stereocenters. The van der Waals surface area contributed by atoms with E-state index in [2.05, 4.69) is 12.0 Å². The van der Waals surface area contributed by atoms with Crippen LogP contribution in [0.2, 0.25) is 5.02 Å². The highest BCUT2D eigenvalue weighted by Gasteiger charge is 2.10. The molecule has 0 spiro atoms. The van der Waals surface area contributed by atoms with E-state index < -0.39 is 0 Å². The molecule has 0 fully saturated rings. The number of hydrazine groups is 1. The van der Waals surface area contributed by atoms with Crippen molar-refractivity contribution in [2.24, 2.45) is 5.84 Å². The molecule has 1 atom stereocenters. The van der Waals surface area contributed by atoms with Crippen LogP contribution in [0.1, 0.15) is 25.3 Å². The predicted octanol–water partition coefficient (Wildman–Crippen LogP) is 3.21. The first-order valence-electron chi connectivity index (χ1n) is 5.57. The molecule has 1 aromatic rings. The molecule has 0 radical (unpaired) electrons. The zero-order valence-electron chi connectivity index (χ0n) is 9.97. The number of benzene rings is 1. The Morgan fingerprint density at radius 3 is 2.82 bits per heavy atom. The molecule has 1 aromatic carbocycles. The Hall–Kier alpha value is -0.900. The van der Waals surface area contributed by atoms with Crippen molar-refractivity contribution >= 4 is 11.6 Å². The summed E-state index contributed by atoms with van der Waals surface area (Å²) >= 11 is 5.97. The highest BCUT2D eigenvalue weighted by atomic mass is 35.5. The Morgan fingerprint density at radius 2 is 2.29 bits per heavy atom. The molecule has 0 aliphatic heterocycles. The largest absolute Gasteiger partial charge is 0.271 e. The summed E-state index contributed by atoms with van der Waals surface area (Å²) in [4.78, 5) is 0. The van der Waals surface area contributed by atoms with E-state index in [1.807, 2.05) is 6.92 Å². The Labute approximate surface area is 107 Å². The summed E-state index contributed by atoms with van der Waals surface area (Å²) in [5.74, 6) is 5.17. The third-order valence-electron chi connectivity index (χ3n) is 2.64. The number of nitrogens with one attached hydrogen (secondary N) is 1. The lowest BCUT2D eigenvalue weighted by atomic mass is 10.0. The molecule has 0 aliphatic carbocycles. The van der Waals surface area contributed by atoms with Crippen LogP contribution < -0.4 is 11.3 Å². The highest BCUT2D eigenvalue weighted by molar-refractivity contribution is 6.31. The first-order valence-corrected chi connectivity index (χ1v) is 5.95. The maximum Gasteiger partial charge on any atom is 0.124 e. The Balaban J connectivity index is 2.63. The Morgan fingerprint density at radius 1 is 1.59 bits per heavy atom. The maximum absolute atomic E-state index is 12.9. The van der Waals surface area contributed by atoms with Crippen LogP contribution in [0.15, 0.2) is 30.4 Å². The van der Waals surface area contributed by atoms with Crippen LogP contribution in [-0.4, -0.2) is 6.04 Å². The van der Waals surface area contributed by atoms with E-state index in [0.29, 0.717) is 11.4 Å². The average Bonchev–Trinajstić information content (AvgIpc) is 2.26. The molecule has 0 saturated heterocycles. The fourth-order valence-electron chi connectivity index (χ4n) is 1.62. The number of halogens is 2. The molecule has 0 bridgehead atoms. The minimum Gasteiger partial charge on any atom is -0.271 e. The second kappa shape index (κ2) is 6.74. The zero-order valence-corrected chi connectivity index (χ0v) is 10.7. The molecule has 94 valence electrons. The Bertz CT molecular complexity index is 393. The molecule has 0 saturated carbocycles. The average molecular weight is 257 g/mol. The molecule has 17 heavy (non-hydrogen) atoms. The van der Waals surface area contributed by atoms with Crippen LogP contribution in [-0.2, 0) is 6.42 Å². The van der Waals surface area contributed by atoms with Crippen molar-refractivity contribution in [2.75, 3.05) is 0 Å². The van der Waals surface area contributed by atoms with Crippen molar-refractivity contribution in [3.8, 4) is 0 Å². The summed E-state index contributed by atoms with van der Waals surface area (Å²) in [7, 11) is 0. The third kappa shape index (κ3) is 4.86. The van der Waals surface area contributed by atoms with E-state index in [-0.39, 0.29) is 11.9 Å². The van der Waals surface area contributed by atoms with E-state index in [4.69, 9.17) is 17.4 Å². The van der Waals surface area contributed by atoms with Crippen molar-refractivity contribution in [3.63, 3.8) is 0 Å². The van der Waals surface area contributed by atoms with Gasteiger partial charge >= 0.3 is 0 Å². The van der Waals surface area contributed by atoms with Gasteiger partial charge in [0.25, 0.3) is 0 Å². The summed E-state index contributed by atoms with van der Waals surface area (Å²) in [5.41, 5.74) is 4.78. The van der Waals surface area contributed by atoms with E-state index >= 15 is 0 Å². The van der Waals surface area contributed by atoms with Crippen molar-refractivity contribution in [2.45, 2.75) is 32.2 Å². The van der Waals surface area contributed by atoms with Crippen LogP contribution in [0, 0.1) is 5.82 Å². The predicted molar refractivity (Wildman–Crippen MR) is 70.3 cm³/mol. The third-order valence-corrected chi connectivity index (χ3v) is 2.99. The van der Waals surface area contributed by atoms with Crippen LogP contribution in [0.25, 0.3) is 0 Å². The second-order valence-corrected chi connectivity index (χ2v) is 4.71. The first-order chi connectivity index (χ1) is 8.02. The Kier molecular flexibility index (Phi) is 5.62. The maximum atomic E-state index is 12.9. The van der Waals surface area contributed by atoms with Gasteiger partial charge in [-0.3, -0.25) is 11.3 Å². The van der Waals surface area contributed by atoms with E-state index in [0.717, 1.165) is 24.0 Å². The van der Waals surface area contributed by atoms with Crippen LogP contribution in [0.5, 0.6) is 0 Å². The number of hydrogen-bond donors (Lipinski definition) is 2. The molecule has 4 heteroatoms. The number of nitrogens with two attached hydrogens (primary N) is 1. The van der Waals surface area contributed by atoms with E-state index in [9.17, 15) is 4.39 Å². The molecular formula is C13H18ClFN2. The highest BCUT2D eigenvalue weighted by Crippen LogP contribution is 2.20. The minimum atomic E-state index is -0.321. The van der Waals surface area contributed by atoms with Crippen LogP contribution in [0.4, 0.5) is 4.39 Å². The number of rotatable bonds is 6. The molecule has 0 aliphatic rings.